The van der Waals surface area contributed by atoms with Gasteiger partial charge in [0.15, 0.2) is 0 Å². The van der Waals surface area contributed by atoms with E-state index < -0.39 is 0 Å². The Kier molecular flexibility index (Phi) is 4.16. The highest BCUT2D eigenvalue weighted by Gasteiger charge is 2.17. The van der Waals surface area contributed by atoms with Gasteiger partial charge in [-0.15, -0.1) is 0 Å². The zero-order valence-corrected chi connectivity index (χ0v) is 11.7. The number of carbonyl (C=O) groups is 1. The summed E-state index contributed by atoms with van der Waals surface area (Å²) < 4.78 is 7.04. The summed E-state index contributed by atoms with van der Waals surface area (Å²) in [5, 5.41) is 7.13. The molecule has 0 aliphatic carbocycles. The Morgan fingerprint density at radius 3 is 2.76 bits per heavy atom. The lowest BCUT2D eigenvalue weighted by Gasteiger charge is -2.26. The molecule has 0 atom stereocenters. The van der Waals surface area contributed by atoms with Crippen LogP contribution in [-0.2, 0) is 11.3 Å². The summed E-state index contributed by atoms with van der Waals surface area (Å²) in [5.74, 6) is 0. The van der Waals surface area contributed by atoms with Crippen molar-refractivity contribution >= 4 is 11.7 Å². The Bertz CT molecular complexity index is 591. The van der Waals surface area contributed by atoms with Crippen LogP contribution in [0.4, 0.5) is 10.5 Å². The lowest BCUT2D eigenvalue weighted by atomic mass is 10.2. The summed E-state index contributed by atoms with van der Waals surface area (Å²) >= 11 is 0. The van der Waals surface area contributed by atoms with Crippen LogP contribution < -0.4 is 5.32 Å². The van der Waals surface area contributed by atoms with Crippen LogP contribution in [0.1, 0.15) is 5.56 Å². The molecule has 1 aliphatic rings. The minimum absolute atomic E-state index is 0.0995. The molecule has 0 radical (unpaired) electrons. The van der Waals surface area contributed by atoms with E-state index in [4.69, 9.17) is 4.74 Å². The fourth-order valence-electron chi connectivity index (χ4n) is 2.25. The summed E-state index contributed by atoms with van der Waals surface area (Å²) in [7, 11) is 0. The minimum Gasteiger partial charge on any atom is -0.378 e. The third-order valence-corrected chi connectivity index (χ3v) is 3.37. The number of aromatic nitrogens is 2. The lowest BCUT2D eigenvalue weighted by molar-refractivity contribution is 0.0564. The summed E-state index contributed by atoms with van der Waals surface area (Å²) in [6.07, 6.45) is 3.51. The number of hydrogen-bond acceptors (Lipinski definition) is 3. The van der Waals surface area contributed by atoms with E-state index >= 15 is 0 Å². The number of rotatable bonds is 3. The van der Waals surface area contributed by atoms with Gasteiger partial charge < -0.3 is 15.0 Å². The molecule has 0 unspecified atom stereocenters. The number of nitrogens with zero attached hydrogens (tertiary/aromatic N) is 3. The largest absolute Gasteiger partial charge is 0.378 e. The van der Waals surface area contributed by atoms with E-state index in [1.165, 1.54) is 5.56 Å². The second-order valence-corrected chi connectivity index (χ2v) is 4.94. The molecule has 2 amide bonds. The van der Waals surface area contributed by atoms with Crippen molar-refractivity contribution in [2.75, 3.05) is 31.6 Å². The SMILES string of the molecule is O=C(Nc1cnn(Cc2ccccc2)c1)N1CCOCC1. The zero-order chi connectivity index (χ0) is 14.5. The summed E-state index contributed by atoms with van der Waals surface area (Å²) in [6.45, 7) is 3.14. The van der Waals surface area contributed by atoms with Crippen molar-refractivity contribution < 1.29 is 9.53 Å². The van der Waals surface area contributed by atoms with Gasteiger partial charge in [-0.05, 0) is 5.56 Å². The number of nitrogens with one attached hydrogen (secondary N) is 1. The van der Waals surface area contributed by atoms with Gasteiger partial charge in [0.2, 0.25) is 0 Å². The average Bonchev–Trinajstić information content (AvgIpc) is 2.96. The summed E-state index contributed by atoms with van der Waals surface area (Å²) in [4.78, 5) is 13.8. The minimum atomic E-state index is -0.0995. The molecule has 1 aromatic carbocycles. The highest BCUT2D eigenvalue weighted by Crippen LogP contribution is 2.09. The molecule has 21 heavy (non-hydrogen) atoms. The molecule has 0 saturated carbocycles. The first-order chi connectivity index (χ1) is 10.3. The third-order valence-electron chi connectivity index (χ3n) is 3.37. The molecular formula is C15H18N4O2. The number of amides is 2. The van der Waals surface area contributed by atoms with Gasteiger partial charge in [-0.1, -0.05) is 30.3 Å². The van der Waals surface area contributed by atoms with E-state index in [1.54, 1.807) is 11.1 Å². The molecule has 1 N–H and O–H groups in total. The Hall–Kier alpha value is -2.34. The molecular weight excluding hydrogens is 268 g/mol. The van der Waals surface area contributed by atoms with Crippen molar-refractivity contribution in [3.05, 3.63) is 48.3 Å². The molecule has 6 nitrogen and oxygen atoms in total. The number of ether oxygens (including phenoxy) is 1. The maximum atomic E-state index is 12.1. The van der Waals surface area contributed by atoms with Gasteiger partial charge in [-0.2, -0.15) is 5.10 Å². The quantitative estimate of drug-likeness (QED) is 0.936. The van der Waals surface area contributed by atoms with Crippen molar-refractivity contribution in [1.82, 2.24) is 14.7 Å². The van der Waals surface area contributed by atoms with Crippen LogP contribution >= 0.6 is 0 Å². The van der Waals surface area contributed by atoms with E-state index in [1.807, 2.05) is 41.2 Å². The van der Waals surface area contributed by atoms with Crippen molar-refractivity contribution in [3.63, 3.8) is 0 Å². The smallest absolute Gasteiger partial charge is 0.322 e. The van der Waals surface area contributed by atoms with E-state index in [-0.39, 0.29) is 6.03 Å². The van der Waals surface area contributed by atoms with Crippen molar-refractivity contribution in [2.24, 2.45) is 0 Å². The molecule has 1 aromatic heterocycles. The zero-order valence-electron chi connectivity index (χ0n) is 11.7. The molecule has 2 heterocycles. The number of morpholine rings is 1. The van der Waals surface area contributed by atoms with E-state index in [9.17, 15) is 4.79 Å². The van der Waals surface area contributed by atoms with E-state index in [2.05, 4.69) is 10.4 Å². The van der Waals surface area contributed by atoms with Gasteiger partial charge >= 0.3 is 6.03 Å². The summed E-state index contributed by atoms with van der Waals surface area (Å²) in [6, 6.07) is 9.99. The van der Waals surface area contributed by atoms with Gasteiger partial charge in [0.25, 0.3) is 0 Å². The van der Waals surface area contributed by atoms with Gasteiger partial charge in [-0.25, -0.2) is 4.79 Å². The van der Waals surface area contributed by atoms with Crippen LogP contribution in [0.3, 0.4) is 0 Å². The van der Waals surface area contributed by atoms with Gasteiger partial charge in [0.05, 0.1) is 31.6 Å². The Morgan fingerprint density at radius 2 is 2.00 bits per heavy atom. The topological polar surface area (TPSA) is 59.4 Å². The number of anilines is 1. The second-order valence-electron chi connectivity index (χ2n) is 4.94. The van der Waals surface area contributed by atoms with Crippen molar-refractivity contribution in [2.45, 2.75) is 6.54 Å². The van der Waals surface area contributed by atoms with Crippen LogP contribution in [0.5, 0.6) is 0 Å². The van der Waals surface area contributed by atoms with Gasteiger partial charge in [-0.3, -0.25) is 4.68 Å². The normalized spacial score (nSPS) is 15.0. The van der Waals surface area contributed by atoms with Crippen LogP contribution in [0.15, 0.2) is 42.7 Å². The predicted molar refractivity (Wildman–Crippen MR) is 79.2 cm³/mol. The van der Waals surface area contributed by atoms with Crippen LogP contribution in [0, 0.1) is 0 Å². The van der Waals surface area contributed by atoms with Crippen LogP contribution in [0.2, 0.25) is 0 Å². The highest BCUT2D eigenvalue weighted by atomic mass is 16.5. The first-order valence-electron chi connectivity index (χ1n) is 7.01. The number of hydrogen-bond donors (Lipinski definition) is 1. The molecule has 0 bridgehead atoms. The predicted octanol–water partition coefficient (Wildman–Crippen LogP) is 1.80. The van der Waals surface area contributed by atoms with E-state index in [0.717, 1.165) is 0 Å². The highest BCUT2D eigenvalue weighted by molar-refractivity contribution is 5.89. The molecule has 1 saturated heterocycles. The molecule has 1 fully saturated rings. The first-order valence-corrected chi connectivity index (χ1v) is 7.01. The maximum absolute atomic E-state index is 12.1. The van der Waals surface area contributed by atoms with Gasteiger partial charge in [0.1, 0.15) is 0 Å². The Labute approximate surface area is 123 Å². The second kappa shape index (κ2) is 6.41. The monoisotopic (exact) mass is 286 g/mol. The average molecular weight is 286 g/mol. The fourth-order valence-corrected chi connectivity index (χ4v) is 2.25. The molecule has 2 aromatic rings. The molecule has 0 spiro atoms. The Morgan fingerprint density at radius 1 is 1.24 bits per heavy atom. The summed E-state index contributed by atoms with van der Waals surface area (Å²) in [5.41, 5.74) is 1.88. The molecule has 1 aliphatic heterocycles. The van der Waals surface area contributed by atoms with E-state index in [0.29, 0.717) is 38.5 Å². The van der Waals surface area contributed by atoms with Gasteiger partial charge in [0, 0.05) is 19.3 Å². The lowest BCUT2D eigenvalue weighted by Crippen LogP contribution is -2.43. The van der Waals surface area contributed by atoms with Crippen molar-refractivity contribution in [3.8, 4) is 0 Å². The first kappa shape index (κ1) is 13.6. The van der Waals surface area contributed by atoms with Crippen LogP contribution in [0.25, 0.3) is 0 Å². The van der Waals surface area contributed by atoms with Crippen LogP contribution in [-0.4, -0.2) is 47.0 Å². The molecule has 3 rings (SSSR count). The maximum Gasteiger partial charge on any atom is 0.322 e. The van der Waals surface area contributed by atoms with Crippen molar-refractivity contribution in [1.29, 1.82) is 0 Å². The number of urea groups is 1. The third kappa shape index (κ3) is 3.61. The number of carbonyl (C=O) groups excluding carboxylic acids is 1. The number of benzene rings is 1. The fraction of sp³-hybridized carbons (Fsp3) is 0.333. The Balaban J connectivity index is 1.58. The molecule has 110 valence electrons. The standard InChI is InChI=1S/C15H18N4O2/c20-15(18-6-8-21-9-7-18)17-14-10-16-19(12-14)11-13-4-2-1-3-5-13/h1-5,10,12H,6-9,11H2,(H,17,20). The molecule has 6 heteroatoms.